The first kappa shape index (κ1) is 16.5. The van der Waals surface area contributed by atoms with Crippen molar-refractivity contribution in [3.63, 3.8) is 0 Å². The number of piperidine rings is 1. The Labute approximate surface area is 151 Å². The number of nitrogens with zero attached hydrogens (tertiary/aromatic N) is 4. The van der Waals surface area contributed by atoms with Crippen LogP contribution >= 0.6 is 0 Å². The highest BCUT2D eigenvalue weighted by Crippen LogP contribution is 2.27. The number of rotatable bonds is 4. The molecule has 7 heteroatoms. The van der Waals surface area contributed by atoms with Gasteiger partial charge in [0.2, 0.25) is 5.91 Å². The second-order valence-corrected chi connectivity index (χ2v) is 6.74. The Bertz CT molecular complexity index is 916. The maximum Gasteiger partial charge on any atom is 0.225 e. The summed E-state index contributed by atoms with van der Waals surface area (Å²) >= 11 is 0. The average Bonchev–Trinajstić information content (AvgIpc) is 3.10. The summed E-state index contributed by atoms with van der Waals surface area (Å²) in [6.07, 6.45) is 5.23. The number of aromatic nitrogens is 4. The highest BCUT2D eigenvalue weighted by atomic mass is 16.1. The van der Waals surface area contributed by atoms with E-state index in [1.165, 1.54) is 0 Å². The monoisotopic (exact) mass is 350 g/mol. The minimum Gasteiger partial charge on any atom is -0.355 e. The number of anilines is 1. The van der Waals surface area contributed by atoms with E-state index >= 15 is 0 Å². The molecule has 1 amide bonds. The van der Waals surface area contributed by atoms with Crippen LogP contribution in [0.15, 0.2) is 36.8 Å². The lowest BCUT2D eigenvalue weighted by Crippen LogP contribution is -2.43. The van der Waals surface area contributed by atoms with Crippen molar-refractivity contribution < 1.29 is 4.79 Å². The van der Waals surface area contributed by atoms with Gasteiger partial charge in [-0.2, -0.15) is 5.10 Å². The van der Waals surface area contributed by atoms with Crippen molar-refractivity contribution in [2.45, 2.75) is 26.3 Å². The molecule has 4 rings (SSSR count). The number of carbonyl (C=O) groups is 1. The summed E-state index contributed by atoms with van der Waals surface area (Å²) in [7, 11) is 0. The largest absolute Gasteiger partial charge is 0.355 e. The van der Waals surface area contributed by atoms with Gasteiger partial charge in [-0.15, -0.1) is 0 Å². The predicted octanol–water partition coefficient (Wildman–Crippen LogP) is 2.19. The number of carbonyl (C=O) groups excluding carboxylic acids is 1. The van der Waals surface area contributed by atoms with Crippen LogP contribution in [0.25, 0.3) is 10.9 Å². The van der Waals surface area contributed by atoms with Gasteiger partial charge in [-0.3, -0.25) is 9.89 Å². The summed E-state index contributed by atoms with van der Waals surface area (Å²) in [4.78, 5) is 23.7. The van der Waals surface area contributed by atoms with E-state index in [1.54, 1.807) is 12.5 Å². The zero-order valence-electron chi connectivity index (χ0n) is 14.8. The maximum atomic E-state index is 12.6. The summed E-state index contributed by atoms with van der Waals surface area (Å²) in [5.41, 5.74) is 2.94. The van der Waals surface area contributed by atoms with Gasteiger partial charge < -0.3 is 10.2 Å². The number of aryl methyl sites for hydroxylation is 1. The molecule has 0 saturated carbocycles. The topological polar surface area (TPSA) is 86.8 Å². The SMILES string of the molecule is Cc1[nH]ncc1CNC(=O)C1CCCN(c2ncnc3ccccc23)C1. The van der Waals surface area contributed by atoms with Gasteiger partial charge in [0.25, 0.3) is 0 Å². The fourth-order valence-electron chi connectivity index (χ4n) is 3.51. The Morgan fingerprint density at radius 1 is 1.35 bits per heavy atom. The number of benzene rings is 1. The standard InChI is InChI=1S/C19H22N6O/c1-13-15(10-23-24-13)9-20-19(26)14-5-4-8-25(11-14)18-16-6-2-3-7-17(16)21-12-22-18/h2-3,6-7,10,12,14H,4-5,8-9,11H2,1H3,(H,20,26)(H,23,24). The molecule has 1 atom stereocenters. The number of para-hydroxylation sites is 1. The smallest absolute Gasteiger partial charge is 0.225 e. The molecular formula is C19H22N6O. The lowest BCUT2D eigenvalue weighted by molar-refractivity contribution is -0.125. The molecular weight excluding hydrogens is 328 g/mol. The quantitative estimate of drug-likeness (QED) is 0.753. The lowest BCUT2D eigenvalue weighted by Gasteiger charge is -2.33. The zero-order chi connectivity index (χ0) is 17.9. The van der Waals surface area contributed by atoms with Crippen molar-refractivity contribution in [1.29, 1.82) is 0 Å². The van der Waals surface area contributed by atoms with Gasteiger partial charge in [-0.1, -0.05) is 12.1 Å². The third-order valence-corrected chi connectivity index (χ3v) is 5.00. The molecule has 2 N–H and O–H groups in total. The van der Waals surface area contributed by atoms with Crippen molar-refractivity contribution in [1.82, 2.24) is 25.5 Å². The van der Waals surface area contributed by atoms with Crippen molar-refractivity contribution >= 4 is 22.6 Å². The van der Waals surface area contributed by atoms with E-state index in [-0.39, 0.29) is 11.8 Å². The van der Waals surface area contributed by atoms with Crippen molar-refractivity contribution in [2.75, 3.05) is 18.0 Å². The van der Waals surface area contributed by atoms with E-state index in [2.05, 4.69) is 30.4 Å². The molecule has 3 aromatic rings. The number of H-pyrrole nitrogens is 1. The van der Waals surface area contributed by atoms with E-state index in [4.69, 9.17) is 0 Å². The Kier molecular flexibility index (Phi) is 4.51. The van der Waals surface area contributed by atoms with Gasteiger partial charge in [0.15, 0.2) is 0 Å². The van der Waals surface area contributed by atoms with E-state index in [0.29, 0.717) is 13.1 Å². The van der Waals surface area contributed by atoms with Gasteiger partial charge in [-0.05, 0) is 31.9 Å². The molecule has 26 heavy (non-hydrogen) atoms. The number of hydrogen-bond acceptors (Lipinski definition) is 5. The molecule has 0 radical (unpaired) electrons. The Morgan fingerprint density at radius 2 is 2.23 bits per heavy atom. The van der Waals surface area contributed by atoms with Crippen LogP contribution in [0.1, 0.15) is 24.1 Å². The van der Waals surface area contributed by atoms with Crippen LogP contribution in [-0.4, -0.2) is 39.2 Å². The molecule has 1 aliphatic rings. The first-order valence-corrected chi connectivity index (χ1v) is 8.93. The zero-order valence-corrected chi connectivity index (χ0v) is 14.8. The second-order valence-electron chi connectivity index (χ2n) is 6.74. The fourth-order valence-corrected chi connectivity index (χ4v) is 3.51. The third-order valence-electron chi connectivity index (χ3n) is 5.00. The van der Waals surface area contributed by atoms with Crippen LogP contribution in [0.2, 0.25) is 0 Å². The predicted molar refractivity (Wildman–Crippen MR) is 99.6 cm³/mol. The Balaban J connectivity index is 1.47. The molecule has 2 aromatic heterocycles. The number of fused-ring (bicyclic) bond motifs is 1. The fraction of sp³-hybridized carbons (Fsp3) is 0.368. The van der Waals surface area contributed by atoms with Gasteiger partial charge in [0, 0.05) is 36.3 Å². The van der Waals surface area contributed by atoms with Gasteiger partial charge in [0.1, 0.15) is 12.1 Å². The normalized spacial score (nSPS) is 17.4. The minimum absolute atomic E-state index is 0.0373. The van der Waals surface area contributed by atoms with Gasteiger partial charge >= 0.3 is 0 Å². The summed E-state index contributed by atoms with van der Waals surface area (Å²) in [6, 6.07) is 8.00. The van der Waals surface area contributed by atoms with E-state index in [9.17, 15) is 4.79 Å². The molecule has 0 spiro atoms. The molecule has 1 aromatic carbocycles. The first-order chi connectivity index (χ1) is 12.7. The van der Waals surface area contributed by atoms with Gasteiger partial charge in [-0.25, -0.2) is 9.97 Å². The summed E-state index contributed by atoms with van der Waals surface area (Å²) in [5.74, 6) is 0.970. The van der Waals surface area contributed by atoms with Crippen LogP contribution in [-0.2, 0) is 11.3 Å². The van der Waals surface area contributed by atoms with Crippen LogP contribution in [0, 0.1) is 12.8 Å². The maximum absolute atomic E-state index is 12.6. The van der Waals surface area contributed by atoms with Crippen LogP contribution in [0.5, 0.6) is 0 Å². The average molecular weight is 350 g/mol. The van der Waals surface area contributed by atoms with Crippen molar-refractivity contribution in [3.8, 4) is 0 Å². The molecule has 134 valence electrons. The van der Waals surface area contributed by atoms with E-state index < -0.39 is 0 Å². The summed E-state index contributed by atoms with van der Waals surface area (Å²) < 4.78 is 0. The van der Waals surface area contributed by atoms with Crippen molar-refractivity contribution in [2.24, 2.45) is 5.92 Å². The Hall–Kier alpha value is -2.96. The lowest BCUT2D eigenvalue weighted by atomic mass is 9.96. The molecule has 1 aliphatic heterocycles. The highest BCUT2D eigenvalue weighted by molar-refractivity contribution is 5.89. The third kappa shape index (κ3) is 3.24. The van der Waals surface area contributed by atoms with Crippen LogP contribution in [0.3, 0.4) is 0 Å². The van der Waals surface area contributed by atoms with E-state index in [1.807, 2.05) is 31.2 Å². The number of aromatic amines is 1. The first-order valence-electron chi connectivity index (χ1n) is 8.93. The highest BCUT2D eigenvalue weighted by Gasteiger charge is 2.27. The number of hydrogen-bond donors (Lipinski definition) is 2. The molecule has 0 aliphatic carbocycles. The van der Waals surface area contributed by atoms with Gasteiger partial charge in [0.05, 0.1) is 17.6 Å². The number of amides is 1. The molecule has 3 heterocycles. The molecule has 1 unspecified atom stereocenters. The Morgan fingerprint density at radius 3 is 3.08 bits per heavy atom. The van der Waals surface area contributed by atoms with E-state index in [0.717, 1.165) is 47.4 Å². The second kappa shape index (κ2) is 7.11. The molecule has 0 bridgehead atoms. The number of nitrogens with one attached hydrogen (secondary N) is 2. The van der Waals surface area contributed by atoms with Crippen LogP contribution < -0.4 is 10.2 Å². The molecule has 7 nitrogen and oxygen atoms in total. The summed E-state index contributed by atoms with van der Waals surface area (Å²) in [5, 5.41) is 11.0. The summed E-state index contributed by atoms with van der Waals surface area (Å²) in [6.45, 7) is 4.05. The molecule has 1 saturated heterocycles. The van der Waals surface area contributed by atoms with Crippen LogP contribution in [0.4, 0.5) is 5.82 Å². The molecule has 1 fully saturated rings. The minimum atomic E-state index is -0.0373. The van der Waals surface area contributed by atoms with Crippen molar-refractivity contribution in [3.05, 3.63) is 48.0 Å².